The molecule has 4 aromatic carbocycles. The Hall–Kier alpha value is -9.27. The van der Waals surface area contributed by atoms with Crippen molar-refractivity contribution in [3.63, 3.8) is 0 Å². The average molecular weight is 1540 g/mol. The van der Waals surface area contributed by atoms with Gasteiger partial charge in [-0.15, -0.1) is 18.8 Å². The number of nitrogens with zero attached hydrogens (tertiary/aromatic N) is 14. The largest absolute Gasteiger partial charge is 0.496 e. The van der Waals surface area contributed by atoms with Crippen molar-refractivity contribution in [2.75, 3.05) is 46.1 Å². The third-order valence-corrected chi connectivity index (χ3v) is 25.5. The molecule has 11 rings (SSSR count). The smallest absolute Gasteiger partial charge is 0.247 e. The number of halogens is 4. The Labute approximate surface area is 614 Å². The maximum absolute atomic E-state index is 18.3. The molecule has 0 bridgehead atoms. The Morgan fingerprint density at radius 2 is 1.35 bits per heavy atom. The Bertz CT molecular complexity index is 5160. The predicted octanol–water partition coefficient (Wildman–Crippen LogP) is 7.87. The van der Waals surface area contributed by atoms with E-state index in [9.17, 15) is 20.9 Å². The minimum atomic E-state index is -6.10. The lowest BCUT2D eigenvalue weighted by atomic mass is 9.96. The molecule has 0 radical (unpaired) electrons. The Morgan fingerprint density at radius 1 is 0.748 bits per heavy atom. The molecule has 3 amide bonds. The van der Waals surface area contributed by atoms with Crippen molar-refractivity contribution in [1.82, 2.24) is 61.5 Å². The molecule has 7 heterocycles. The van der Waals surface area contributed by atoms with E-state index in [-0.39, 0.29) is 113 Å². The molecule has 9 aromatic rings. The van der Waals surface area contributed by atoms with Crippen LogP contribution in [0, 0.1) is 46.8 Å². The van der Waals surface area contributed by atoms with Crippen molar-refractivity contribution in [3.05, 3.63) is 194 Å². The number of aliphatic hydroxyl groups is 1. The van der Waals surface area contributed by atoms with Gasteiger partial charge in [0.05, 0.1) is 49.2 Å². The number of methoxy groups -OCH3 is 1. The number of rotatable bonds is 27. The zero-order chi connectivity index (χ0) is 73.9. The number of piperidine rings is 1. The highest BCUT2D eigenvalue weighted by Crippen LogP contribution is 2.49. The van der Waals surface area contributed by atoms with Gasteiger partial charge in [-0.3, -0.25) is 14.4 Å². The number of aryl methyl sites for hydroxylation is 3. The van der Waals surface area contributed by atoms with Gasteiger partial charge in [0.15, 0.2) is 11.6 Å². The Balaban J connectivity index is 1.37. The molecule has 1 fully saturated rings. The number of aliphatic hydroxyl groups excluding tert-OH is 1. The number of nitrogens with two attached hydrogens (primary N) is 1. The maximum Gasteiger partial charge on any atom is 0.247 e. The summed E-state index contributed by atoms with van der Waals surface area (Å²) in [6, 6.07) is 23.5. The Kier molecular flexibility index (Phi) is 22.5. The highest BCUT2D eigenvalue weighted by Gasteiger charge is 2.64. The number of nitrogens with one attached hydrogen (secondary N) is 2. The minimum absolute atomic E-state index is 0.00313. The van der Waals surface area contributed by atoms with Crippen molar-refractivity contribution in [2.45, 2.75) is 110 Å². The van der Waals surface area contributed by atoms with Gasteiger partial charge in [0.25, 0.3) is 0 Å². The normalized spacial score (nSPS) is 15.3. The summed E-state index contributed by atoms with van der Waals surface area (Å²) in [5, 5.41) is 50.2. The summed E-state index contributed by atoms with van der Waals surface area (Å²) in [6.07, 6.45) is 3.91. The molecule has 28 nitrogen and oxygen atoms in total. The molecule has 538 valence electrons. The number of aromatic amines is 1. The average Bonchev–Trinajstić information content (AvgIpc) is 1.57. The van der Waals surface area contributed by atoms with Crippen molar-refractivity contribution >= 4 is 111 Å². The lowest BCUT2D eigenvalue weighted by Crippen LogP contribution is -2.74. The fourth-order valence-electron chi connectivity index (χ4n) is 13.6. The molecule has 0 saturated carbocycles. The van der Waals surface area contributed by atoms with Crippen LogP contribution in [0.25, 0.3) is 10.9 Å². The van der Waals surface area contributed by atoms with Gasteiger partial charge >= 0.3 is 0 Å². The molecule has 2 aliphatic heterocycles. The molecule has 35 heteroatoms. The standard InChI is InChI=1S/C68H69Cl4N17O11S3/c1-44-11-6-16-51(69)64(44)101(94,95)80-56(65(91)81(2)40-46-12-4-5-18-59(46)100-3)35-68(87-26-10-15-49(87)38-75,88(102(96,97)50-33-52(70)63(76)53(71)34-50)57(22-29-82-24-8-13-47(82)36-73)66(92)84-27-20-45(42-90)21-28-84)89(103(98,99)60-19-7-17-55-62(60)54(72)39-77-55)58(23-30-83-25-9-14-48(83)37-74)67(93)85-31-32-86-43-78-79-61(86)41-85/h4-19,24-26,33-34,39,43,45,56-58,77,80,90H,20-23,27-32,35,40-42,76H2,1-3H3. The molecule has 2 aliphatic rings. The van der Waals surface area contributed by atoms with Crippen LogP contribution in [0.15, 0.2) is 155 Å². The van der Waals surface area contributed by atoms with Crippen molar-refractivity contribution in [1.29, 1.82) is 15.8 Å². The SMILES string of the molecule is COc1ccccc1CN(C)C(=O)C(CC(N(C(CCn1cccc1C#N)C(=O)N1CCC(CO)CC1)S(=O)(=O)c1cc(Cl)c(N)c(Cl)c1)(N(C(CCn1cccc1C#N)C(=O)N1CCn2cnnc2C1)S(=O)(=O)c1cccc2[nH]cc(Cl)c12)n1cccc1C#N)NS(=O)(=O)c1c(C)cccc1Cl. The van der Waals surface area contributed by atoms with Crippen LogP contribution in [0.2, 0.25) is 20.1 Å². The zero-order valence-electron chi connectivity index (χ0n) is 55.6. The van der Waals surface area contributed by atoms with E-state index in [0.29, 0.717) is 14.2 Å². The van der Waals surface area contributed by atoms with Crippen LogP contribution in [0.5, 0.6) is 5.75 Å². The fourth-order valence-corrected chi connectivity index (χ4v) is 20.6. The van der Waals surface area contributed by atoms with Gasteiger partial charge in [0, 0.05) is 107 Å². The number of benzene rings is 4. The first-order chi connectivity index (χ1) is 49.2. The molecule has 4 atom stereocenters. The number of likely N-dealkylation sites (tertiary alicyclic amines) is 1. The van der Waals surface area contributed by atoms with Crippen LogP contribution < -0.4 is 15.2 Å². The number of hydrogen-bond donors (Lipinski definition) is 4. The van der Waals surface area contributed by atoms with E-state index in [4.69, 9.17) is 56.9 Å². The summed E-state index contributed by atoms with van der Waals surface area (Å²) in [6.45, 7) is -1.13. The molecular weight excluding hydrogens is 1470 g/mol. The number of amides is 3. The number of nitriles is 3. The van der Waals surface area contributed by atoms with Crippen molar-refractivity contribution in [3.8, 4) is 24.0 Å². The second-order valence-electron chi connectivity index (χ2n) is 24.8. The summed E-state index contributed by atoms with van der Waals surface area (Å²) in [7, 11) is -14.9. The van der Waals surface area contributed by atoms with Crippen LogP contribution >= 0.6 is 46.4 Å². The highest BCUT2D eigenvalue weighted by atomic mass is 35.5. The fraction of sp³-hybridized carbons (Fsp3) is 0.324. The number of para-hydroxylation sites is 1. The third kappa shape index (κ3) is 14.7. The number of likely N-dealkylation sites (N-methyl/N-ethyl adjacent to an activating group) is 1. The van der Waals surface area contributed by atoms with Crippen molar-refractivity contribution < 1.29 is 49.5 Å². The monoisotopic (exact) mass is 1540 g/mol. The van der Waals surface area contributed by atoms with Gasteiger partial charge in [-0.1, -0.05) is 82.8 Å². The second kappa shape index (κ2) is 31.0. The molecule has 0 aliphatic carbocycles. The number of carbonyl (C=O) groups excluding carboxylic acids is 3. The third-order valence-electron chi connectivity index (χ3n) is 18.6. The van der Waals surface area contributed by atoms with Gasteiger partial charge < -0.3 is 53.5 Å². The summed E-state index contributed by atoms with van der Waals surface area (Å²) >= 11 is 27.8. The first kappa shape index (κ1) is 74.9. The van der Waals surface area contributed by atoms with Crippen LogP contribution in [0.1, 0.15) is 66.1 Å². The summed E-state index contributed by atoms with van der Waals surface area (Å²) < 4.78 is 119. The number of carbonyl (C=O) groups is 3. The van der Waals surface area contributed by atoms with Gasteiger partial charge in [0.1, 0.15) is 70.4 Å². The Morgan fingerprint density at radius 3 is 1.97 bits per heavy atom. The quantitative estimate of drug-likeness (QED) is 0.0281. The van der Waals surface area contributed by atoms with E-state index < -0.39 is 141 Å². The number of aromatic nitrogens is 7. The number of nitrogen functional groups attached to an aromatic ring is 1. The van der Waals surface area contributed by atoms with Crippen molar-refractivity contribution in [2.24, 2.45) is 5.92 Å². The number of ether oxygens (including phenoxy) is 1. The molecule has 1 saturated heterocycles. The van der Waals surface area contributed by atoms with Gasteiger partial charge in [-0.05, 0) is 117 Å². The van der Waals surface area contributed by atoms with E-state index in [1.54, 1.807) is 28.8 Å². The van der Waals surface area contributed by atoms with E-state index in [1.807, 2.05) is 0 Å². The minimum Gasteiger partial charge on any atom is -0.496 e. The number of hydrogen-bond acceptors (Lipinski definition) is 17. The number of sulfonamides is 3. The first-order valence-electron chi connectivity index (χ1n) is 32.2. The summed E-state index contributed by atoms with van der Waals surface area (Å²) in [5.41, 5.74) is 5.90. The molecule has 5 aromatic heterocycles. The highest BCUT2D eigenvalue weighted by molar-refractivity contribution is 7.90. The number of H-pyrrole nitrogens is 1. The van der Waals surface area contributed by atoms with E-state index in [2.05, 4.69) is 38.1 Å². The van der Waals surface area contributed by atoms with Crippen LogP contribution in [-0.4, -0.2) is 163 Å². The summed E-state index contributed by atoms with van der Waals surface area (Å²) in [5.74, 6) is -7.08. The molecule has 5 N–H and O–H groups in total. The molecule has 4 unspecified atom stereocenters. The zero-order valence-corrected chi connectivity index (χ0v) is 61.1. The first-order valence-corrected chi connectivity index (χ1v) is 38.1. The number of anilines is 1. The van der Waals surface area contributed by atoms with Gasteiger partial charge in [-0.2, -0.15) is 20.5 Å². The molecule has 0 spiro atoms. The summed E-state index contributed by atoms with van der Waals surface area (Å²) in [4.78, 5) is 55.5. The van der Waals surface area contributed by atoms with E-state index in [1.165, 1.54) is 126 Å². The van der Waals surface area contributed by atoms with Crippen LogP contribution in [0.3, 0.4) is 0 Å². The predicted molar refractivity (Wildman–Crippen MR) is 381 cm³/mol. The maximum atomic E-state index is 18.3. The van der Waals surface area contributed by atoms with Gasteiger partial charge in [0.2, 0.25) is 47.8 Å². The lowest BCUT2D eigenvalue weighted by Gasteiger charge is -2.55. The van der Waals surface area contributed by atoms with Gasteiger partial charge in [-0.25, -0.2) is 25.3 Å². The number of fused-ring (bicyclic) bond motifs is 2. The van der Waals surface area contributed by atoms with E-state index >= 15 is 39.6 Å². The topological polar surface area (TPSA) is 370 Å². The van der Waals surface area contributed by atoms with Crippen LogP contribution in [0.4, 0.5) is 5.69 Å². The molecule has 103 heavy (non-hydrogen) atoms. The second-order valence-corrected chi connectivity index (χ2v) is 31.7. The van der Waals surface area contributed by atoms with E-state index in [0.717, 1.165) is 39.9 Å². The molecular formula is C68H69Cl4N17O11S3. The lowest BCUT2D eigenvalue weighted by molar-refractivity contribution is -0.155. The van der Waals surface area contributed by atoms with Crippen LogP contribution in [-0.2, 0) is 83.0 Å².